The Morgan fingerprint density at radius 1 is 1.21 bits per heavy atom. The molecular weight excluding hydrogens is 332 g/mol. The number of primary sulfonamides is 1. The van der Waals surface area contributed by atoms with Gasteiger partial charge in [0.2, 0.25) is 21.9 Å². The summed E-state index contributed by atoms with van der Waals surface area (Å²) in [6.07, 6.45) is 3.75. The molecule has 24 heavy (non-hydrogen) atoms. The van der Waals surface area contributed by atoms with Crippen LogP contribution >= 0.6 is 0 Å². The molecule has 1 heterocycles. The van der Waals surface area contributed by atoms with E-state index in [0.717, 1.165) is 30.4 Å². The zero-order valence-electron chi connectivity index (χ0n) is 12.8. The van der Waals surface area contributed by atoms with E-state index in [0.29, 0.717) is 5.69 Å². The maximum atomic E-state index is 12.4. The van der Waals surface area contributed by atoms with Gasteiger partial charge in [0, 0.05) is 11.6 Å². The molecule has 0 bridgehead atoms. The van der Waals surface area contributed by atoms with E-state index < -0.39 is 10.0 Å². The highest BCUT2D eigenvalue weighted by atomic mass is 32.2. The molecule has 1 saturated carbocycles. The first-order valence-corrected chi connectivity index (χ1v) is 9.06. The number of nitrogens with one attached hydrogen (secondary N) is 1. The standard InChI is InChI=1S/C14H18N6O3S/c15-13-18-14(19-20(13)12(21)9-3-1-2-4-9)17-10-5-7-11(8-6-10)24(16,22)23/h5-9H,1-4H2,(H2,16,22,23)(H3,15,17,18,19). The van der Waals surface area contributed by atoms with Gasteiger partial charge in [-0.2, -0.15) is 9.67 Å². The first-order chi connectivity index (χ1) is 11.3. The van der Waals surface area contributed by atoms with Crippen molar-refractivity contribution >= 4 is 33.5 Å². The van der Waals surface area contributed by atoms with Crippen molar-refractivity contribution in [3.05, 3.63) is 24.3 Å². The fourth-order valence-electron chi connectivity index (χ4n) is 2.74. The van der Waals surface area contributed by atoms with E-state index in [1.54, 1.807) is 0 Å². The zero-order valence-corrected chi connectivity index (χ0v) is 13.7. The second-order valence-electron chi connectivity index (χ2n) is 5.72. The minimum atomic E-state index is -3.74. The van der Waals surface area contributed by atoms with E-state index in [9.17, 15) is 13.2 Å². The Balaban J connectivity index is 1.76. The summed E-state index contributed by atoms with van der Waals surface area (Å²) < 4.78 is 23.6. The quantitative estimate of drug-likeness (QED) is 0.747. The minimum Gasteiger partial charge on any atom is -0.368 e. The molecule has 0 unspecified atom stereocenters. The fourth-order valence-corrected chi connectivity index (χ4v) is 3.26. The molecule has 0 radical (unpaired) electrons. The minimum absolute atomic E-state index is 0.00228. The molecule has 2 aromatic rings. The second-order valence-corrected chi connectivity index (χ2v) is 7.28. The number of nitrogens with zero attached hydrogens (tertiary/aromatic N) is 3. The molecule has 3 rings (SSSR count). The summed E-state index contributed by atoms with van der Waals surface area (Å²) in [5.74, 6) is -0.0104. The zero-order chi connectivity index (χ0) is 17.3. The molecule has 0 atom stereocenters. The average Bonchev–Trinajstić information content (AvgIpc) is 3.16. The SMILES string of the molecule is Nc1nc(Nc2ccc(S(N)(=O)=O)cc2)nn1C(=O)C1CCCC1. The first kappa shape index (κ1) is 16.4. The first-order valence-electron chi connectivity index (χ1n) is 7.51. The summed E-state index contributed by atoms with van der Waals surface area (Å²) in [5.41, 5.74) is 6.33. The van der Waals surface area contributed by atoms with Crippen molar-refractivity contribution in [2.24, 2.45) is 11.1 Å². The number of hydrogen-bond donors (Lipinski definition) is 3. The number of nitrogens with two attached hydrogens (primary N) is 2. The smallest absolute Gasteiger partial charge is 0.253 e. The molecule has 1 fully saturated rings. The van der Waals surface area contributed by atoms with E-state index in [1.807, 2.05) is 0 Å². The third kappa shape index (κ3) is 3.39. The molecule has 1 aromatic carbocycles. The van der Waals surface area contributed by atoms with Gasteiger partial charge >= 0.3 is 0 Å². The van der Waals surface area contributed by atoms with Gasteiger partial charge in [0.1, 0.15) is 0 Å². The lowest BCUT2D eigenvalue weighted by Crippen LogP contribution is -2.22. The van der Waals surface area contributed by atoms with E-state index >= 15 is 0 Å². The van der Waals surface area contributed by atoms with Crippen LogP contribution in [0, 0.1) is 5.92 Å². The molecule has 0 saturated heterocycles. The Morgan fingerprint density at radius 3 is 2.42 bits per heavy atom. The Bertz CT molecular complexity index is 853. The van der Waals surface area contributed by atoms with Crippen LogP contribution in [-0.2, 0) is 10.0 Å². The highest BCUT2D eigenvalue weighted by Crippen LogP contribution is 2.27. The predicted octanol–water partition coefficient (Wildman–Crippen LogP) is 1.08. The summed E-state index contributed by atoms with van der Waals surface area (Å²) >= 11 is 0. The summed E-state index contributed by atoms with van der Waals surface area (Å²) in [6.45, 7) is 0. The van der Waals surface area contributed by atoms with Crippen molar-refractivity contribution < 1.29 is 13.2 Å². The van der Waals surface area contributed by atoms with Crippen molar-refractivity contribution in [1.82, 2.24) is 14.8 Å². The van der Waals surface area contributed by atoms with E-state index in [2.05, 4.69) is 15.4 Å². The number of anilines is 3. The van der Waals surface area contributed by atoms with Crippen molar-refractivity contribution in [3.8, 4) is 0 Å². The van der Waals surface area contributed by atoms with Crippen LogP contribution in [0.2, 0.25) is 0 Å². The Hall–Kier alpha value is -2.46. The number of carbonyl (C=O) groups excluding carboxylic acids is 1. The van der Waals surface area contributed by atoms with E-state index in [-0.39, 0.29) is 28.6 Å². The summed E-state index contributed by atoms with van der Waals surface area (Å²) in [7, 11) is -3.74. The van der Waals surface area contributed by atoms with Gasteiger partial charge in [-0.05, 0) is 37.1 Å². The molecule has 9 nitrogen and oxygen atoms in total. The predicted molar refractivity (Wildman–Crippen MR) is 88.1 cm³/mol. The van der Waals surface area contributed by atoms with Crippen LogP contribution in [0.25, 0.3) is 0 Å². The lowest BCUT2D eigenvalue weighted by atomic mass is 10.1. The number of rotatable bonds is 4. The molecule has 0 amide bonds. The number of nitrogen functional groups attached to an aromatic ring is 1. The fraction of sp³-hybridized carbons (Fsp3) is 0.357. The van der Waals surface area contributed by atoms with Gasteiger partial charge in [-0.1, -0.05) is 12.8 Å². The third-order valence-corrected chi connectivity index (χ3v) is 4.91. The maximum Gasteiger partial charge on any atom is 0.253 e. The van der Waals surface area contributed by atoms with Crippen LogP contribution in [-0.4, -0.2) is 29.1 Å². The third-order valence-electron chi connectivity index (χ3n) is 3.98. The molecule has 5 N–H and O–H groups in total. The van der Waals surface area contributed by atoms with Crippen molar-refractivity contribution in [2.45, 2.75) is 30.6 Å². The van der Waals surface area contributed by atoms with E-state index in [4.69, 9.17) is 10.9 Å². The molecule has 0 spiro atoms. The van der Waals surface area contributed by atoms with Gasteiger partial charge in [-0.15, -0.1) is 5.10 Å². The van der Waals surface area contributed by atoms with Crippen molar-refractivity contribution in [1.29, 1.82) is 0 Å². The lowest BCUT2D eigenvalue weighted by Gasteiger charge is -2.07. The number of hydrogen-bond acceptors (Lipinski definition) is 7. The number of aromatic nitrogens is 3. The molecular formula is C14H18N6O3S. The highest BCUT2D eigenvalue weighted by Gasteiger charge is 2.26. The van der Waals surface area contributed by atoms with Gasteiger partial charge in [0.25, 0.3) is 5.91 Å². The molecule has 1 aliphatic rings. The van der Waals surface area contributed by atoms with Crippen LogP contribution in [0.1, 0.15) is 30.5 Å². The monoisotopic (exact) mass is 350 g/mol. The van der Waals surface area contributed by atoms with Crippen LogP contribution in [0.4, 0.5) is 17.6 Å². The topological polar surface area (TPSA) is 146 Å². The van der Waals surface area contributed by atoms with Gasteiger partial charge in [0.15, 0.2) is 0 Å². The van der Waals surface area contributed by atoms with Gasteiger partial charge in [0.05, 0.1) is 4.90 Å². The average molecular weight is 350 g/mol. The number of benzene rings is 1. The Labute approximate surface area is 139 Å². The summed E-state index contributed by atoms with van der Waals surface area (Å²) in [5, 5.41) is 12.0. The summed E-state index contributed by atoms with van der Waals surface area (Å²) in [6, 6.07) is 5.77. The lowest BCUT2D eigenvalue weighted by molar-refractivity contribution is 0.0823. The van der Waals surface area contributed by atoms with Crippen LogP contribution in [0.5, 0.6) is 0 Å². The Kier molecular flexibility index (Phi) is 4.24. The second kappa shape index (κ2) is 6.21. The normalized spacial score (nSPS) is 15.5. The molecule has 0 aliphatic heterocycles. The van der Waals surface area contributed by atoms with E-state index in [1.165, 1.54) is 24.3 Å². The van der Waals surface area contributed by atoms with Crippen LogP contribution in [0.15, 0.2) is 29.2 Å². The van der Waals surface area contributed by atoms with Gasteiger partial charge in [-0.3, -0.25) is 4.79 Å². The van der Waals surface area contributed by atoms with Crippen LogP contribution < -0.4 is 16.2 Å². The van der Waals surface area contributed by atoms with Crippen molar-refractivity contribution in [3.63, 3.8) is 0 Å². The Morgan fingerprint density at radius 2 is 1.83 bits per heavy atom. The van der Waals surface area contributed by atoms with Crippen LogP contribution in [0.3, 0.4) is 0 Å². The largest absolute Gasteiger partial charge is 0.368 e. The number of sulfonamides is 1. The molecule has 1 aromatic heterocycles. The number of carbonyl (C=O) groups is 1. The van der Waals surface area contributed by atoms with Gasteiger partial charge < -0.3 is 11.1 Å². The molecule has 10 heteroatoms. The molecule has 1 aliphatic carbocycles. The van der Waals surface area contributed by atoms with Crippen molar-refractivity contribution in [2.75, 3.05) is 11.1 Å². The summed E-state index contributed by atoms with van der Waals surface area (Å²) in [4.78, 5) is 16.4. The molecule has 128 valence electrons. The maximum absolute atomic E-state index is 12.4. The highest BCUT2D eigenvalue weighted by molar-refractivity contribution is 7.89. The van der Waals surface area contributed by atoms with Gasteiger partial charge in [-0.25, -0.2) is 13.6 Å².